The van der Waals surface area contributed by atoms with Gasteiger partial charge in [-0.25, -0.2) is 4.98 Å². The summed E-state index contributed by atoms with van der Waals surface area (Å²) in [5, 5.41) is 14.6. The van der Waals surface area contributed by atoms with Crippen LogP contribution in [0.1, 0.15) is 5.56 Å². The molecule has 2 aromatic carbocycles. The number of anilines is 2. The molecular weight excluding hydrogens is 322 g/mol. The maximum absolute atomic E-state index is 11.8. The topological polar surface area (TPSA) is 104 Å². The highest BCUT2D eigenvalue weighted by Gasteiger charge is 2.17. The predicted octanol–water partition coefficient (Wildman–Crippen LogP) is 2.51. The third-order valence-electron chi connectivity index (χ3n) is 3.89. The van der Waals surface area contributed by atoms with Crippen LogP contribution in [-0.4, -0.2) is 29.0 Å². The van der Waals surface area contributed by atoms with Crippen molar-refractivity contribution in [2.75, 3.05) is 24.3 Å². The van der Waals surface area contributed by atoms with Crippen LogP contribution in [0.15, 0.2) is 47.5 Å². The van der Waals surface area contributed by atoms with Crippen molar-refractivity contribution in [2.45, 2.75) is 6.54 Å². The van der Waals surface area contributed by atoms with Crippen LogP contribution in [0.3, 0.4) is 0 Å². The fourth-order valence-corrected chi connectivity index (χ4v) is 2.51. The Morgan fingerprint density at radius 1 is 1.24 bits per heavy atom. The maximum Gasteiger partial charge on any atom is 0.293 e. The highest BCUT2D eigenvalue weighted by atomic mass is 16.6. The number of hydrogen-bond acceptors (Lipinski definition) is 6. The number of nitro benzene ring substituents is 1. The van der Waals surface area contributed by atoms with Crippen molar-refractivity contribution in [1.29, 1.82) is 0 Å². The molecule has 0 atom stereocenters. The van der Waals surface area contributed by atoms with Crippen LogP contribution < -0.4 is 15.8 Å². The highest BCUT2D eigenvalue weighted by Crippen LogP contribution is 2.28. The number of benzene rings is 2. The van der Waals surface area contributed by atoms with Crippen molar-refractivity contribution >= 4 is 28.0 Å². The van der Waals surface area contributed by atoms with E-state index in [1.165, 1.54) is 18.5 Å². The molecule has 25 heavy (non-hydrogen) atoms. The standard InChI is InChI=1S/C17H17N5O3/c1-21(2)12-5-3-11(4-6-12)9-18-15-8-14-13(7-16(15)22(24)25)17(23)20-10-19-14/h3-8,10,18H,9H2,1-2H3,(H,19,20,23). The van der Waals surface area contributed by atoms with E-state index < -0.39 is 10.5 Å². The number of nitrogens with zero attached hydrogens (tertiary/aromatic N) is 3. The summed E-state index contributed by atoms with van der Waals surface area (Å²) >= 11 is 0. The van der Waals surface area contributed by atoms with Crippen molar-refractivity contribution < 1.29 is 4.92 Å². The lowest BCUT2D eigenvalue weighted by atomic mass is 10.1. The molecule has 0 aliphatic rings. The molecule has 0 bridgehead atoms. The molecule has 0 unspecified atom stereocenters. The first-order valence-electron chi connectivity index (χ1n) is 7.61. The molecule has 8 nitrogen and oxygen atoms in total. The number of hydrogen-bond donors (Lipinski definition) is 2. The van der Waals surface area contributed by atoms with E-state index in [9.17, 15) is 14.9 Å². The summed E-state index contributed by atoms with van der Waals surface area (Å²) in [6.07, 6.45) is 1.28. The van der Waals surface area contributed by atoms with E-state index in [0.29, 0.717) is 17.7 Å². The molecule has 1 aromatic heterocycles. The fraction of sp³-hybridized carbons (Fsp3) is 0.176. The number of aromatic amines is 1. The summed E-state index contributed by atoms with van der Waals surface area (Å²) in [6, 6.07) is 10.6. The van der Waals surface area contributed by atoms with Crippen molar-refractivity contribution in [1.82, 2.24) is 9.97 Å². The van der Waals surface area contributed by atoms with Gasteiger partial charge in [0.05, 0.1) is 22.2 Å². The summed E-state index contributed by atoms with van der Waals surface area (Å²) < 4.78 is 0. The van der Waals surface area contributed by atoms with Crippen LogP contribution in [0.5, 0.6) is 0 Å². The van der Waals surface area contributed by atoms with Crippen molar-refractivity contribution in [2.24, 2.45) is 0 Å². The molecule has 3 aromatic rings. The van der Waals surface area contributed by atoms with Gasteiger partial charge >= 0.3 is 0 Å². The smallest absolute Gasteiger partial charge is 0.293 e. The quantitative estimate of drug-likeness (QED) is 0.547. The van der Waals surface area contributed by atoms with Crippen LogP contribution in [0.25, 0.3) is 10.9 Å². The molecule has 2 N–H and O–H groups in total. The predicted molar refractivity (Wildman–Crippen MR) is 97.1 cm³/mol. The largest absolute Gasteiger partial charge is 0.378 e. The molecule has 8 heteroatoms. The molecule has 0 amide bonds. The van der Waals surface area contributed by atoms with Gasteiger partial charge in [0.1, 0.15) is 5.69 Å². The van der Waals surface area contributed by atoms with E-state index in [1.54, 1.807) is 0 Å². The monoisotopic (exact) mass is 339 g/mol. The van der Waals surface area contributed by atoms with Gasteiger partial charge in [0, 0.05) is 32.4 Å². The first-order chi connectivity index (χ1) is 12.0. The van der Waals surface area contributed by atoms with Crippen molar-refractivity contribution in [3.05, 3.63) is 68.8 Å². The second kappa shape index (κ2) is 6.60. The number of aromatic nitrogens is 2. The molecule has 1 heterocycles. The second-order valence-corrected chi connectivity index (χ2v) is 5.79. The molecule has 0 saturated carbocycles. The van der Waals surface area contributed by atoms with Gasteiger partial charge in [-0.1, -0.05) is 12.1 Å². The van der Waals surface area contributed by atoms with Gasteiger partial charge in [0.25, 0.3) is 11.2 Å². The van der Waals surface area contributed by atoms with Crippen LogP contribution in [0.2, 0.25) is 0 Å². The van der Waals surface area contributed by atoms with Crippen LogP contribution in [-0.2, 0) is 6.54 Å². The number of rotatable bonds is 5. The Bertz CT molecular complexity index is 980. The molecular formula is C17H17N5O3. The minimum absolute atomic E-state index is 0.157. The zero-order valence-electron chi connectivity index (χ0n) is 13.8. The van der Waals surface area contributed by atoms with E-state index in [4.69, 9.17) is 0 Å². The normalized spacial score (nSPS) is 10.6. The zero-order chi connectivity index (χ0) is 18.0. The van der Waals surface area contributed by atoms with Crippen molar-refractivity contribution in [3.63, 3.8) is 0 Å². The average molecular weight is 339 g/mol. The maximum atomic E-state index is 11.8. The summed E-state index contributed by atoms with van der Waals surface area (Å²) in [4.78, 5) is 31.1. The first-order valence-corrected chi connectivity index (χ1v) is 7.61. The van der Waals surface area contributed by atoms with Gasteiger partial charge in [0.2, 0.25) is 0 Å². The zero-order valence-corrected chi connectivity index (χ0v) is 13.8. The molecule has 0 aliphatic carbocycles. The first kappa shape index (κ1) is 16.4. The highest BCUT2D eigenvalue weighted by molar-refractivity contribution is 5.86. The molecule has 128 valence electrons. The lowest BCUT2D eigenvalue weighted by Crippen LogP contribution is -2.09. The number of nitro groups is 1. The van der Waals surface area contributed by atoms with E-state index >= 15 is 0 Å². The minimum atomic E-state index is -0.511. The SMILES string of the molecule is CN(C)c1ccc(CNc2cc3nc[nH]c(=O)c3cc2[N+](=O)[O-])cc1. The third kappa shape index (κ3) is 3.42. The van der Waals surface area contributed by atoms with E-state index in [1.807, 2.05) is 43.3 Å². The molecule has 3 rings (SSSR count). The Morgan fingerprint density at radius 3 is 2.60 bits per heavy atom. The summed E-state index contributed by atoms with van der Waals surface area (Å²) in [5.74, 6) is 0. The van der Waals surface area contributed by atoms with Gasteiger partial charge in [0.15, 0.2) is 0 Å². The fourth-order valence-electron chi connectivity index (χ4n) is 2.51. The summed E-state index contributed by atoms with van der Waals surface area (Å²) in [5.41, 5.74) is 2.23. The Kier molecular flexibility index (Phi) is 4.34. The molecule has 0 spiro atoms. The number of H-pyrrole nitrogens is 1. The molecule has 0 saturated heterocycles. The Balaban J connectivity index is 1.91. The lowest BCUT2D eigenvalue weighted by Gasteiger charge is -2.13. The Morgan fingerprint density at radius 2 is 1.96 bits per heavy atom. The number of nitrogens with one attached hydrogen (secondary N) is 2. The van der Waals surface area contributed by atoms with Crippen LogP contribution >= 0.6 is 0 Å². The van der Waals surface area contributed by atoms with Gasteiger partial charge in [-0.15, -0.1) is 0 Å². The van der Waals surface area contributed by atoms with Gasteiger partial charge < -0.3 is 15.2 Å². The van der Waals surface area contributed by atoms with Crippen LogP contribution in [0.4, 0.5) is 17.1 Å². The molecule has 0 fully saturated rings. The lowest BCUT2D eigenvalue weighted by molar-refractivity contribution is -0.383. The second-order valence-electron chi connectivity index (χ2n) is 5.79. The van der Waals surface area contributed by atoms with Crippen LogP contribution in [0, 0.1) is 10.1 Å². The van der Waals surface area contributed by atoms with Gasteiger partial charge in [-0.05, 0) is 23.8 Å². The summed E-state index contributed by atoms with van der Waals surface area (Å²) in [7, 11) is 3.92. The Labute approximate surface area is 143 Å². The van der Waals surface area contributed by atoms with E-state index in [2.05, 4.69) is 15.3 Å². The van der Waals surface area contributed by atoms with E-state index in [0.717, 1.165) is 11.3 Å². The Hall–Kier alpha value is -3.42. The van der Waals surface area contributed by atoms with Gasteiger partial charge in [-0.3, -0.25) is 14.9 Å². The molecule has 0 radical (unpaired) electrons. The van der Waals surface area contributed by atoms with Gasteiger partial charge in [-0.2, -0.15) is 0 Å². The molecule has 0 aliphatic heterocycles. The minimum Gasteiger partial charge on any atom is -0.378 e. The van der Waals surface area contributed by atoms with Crippen molar-refractivity contribution in [3.8, 4) is 0 Å². The van der Waals surface area contributed by atoms with E-state index in [-0.39, 0.29) is 11.1 Å². The average Bonchev–Trinajstić information content (AvgIpc) is 2.59. The third-order valence-corrected chi connectivity index (χ3v) is 3.89. The summed E-state index contributed by atoms with van der Waals surface area (Å²) in [6.45, 7) is 0.420. The number of fused-ring (bicyclic) bond motifs is 1.